The monoisotopic (exact) mass is 335 g/mol. The van der Waals surface area contributed by atoms with Crippen LogP contribution >= 0.6 is 15.9 Å². The molecule has 1 aromatic rings. The molecule has 1 amide bonds. The minimum atomic E-state index is 0.0884. The van der Waals surface area contributed by atoms with E-state index in [0.717, 1.165) is 24.4 Å². The van der Waals surface area contributed by atoms with Crippen molar-refractivity contribution < 1.29 is 4.79 Å². The van der Waals surface area contributed by atoms with Gasteiger partial charge >= 0.3 is 0 Å². The lowest BCUT2D eigenvalue weighted by atomic mass is 9.85. The van der Waals surface area contributed by atoms with Gasteiger partial charge in [0.1, 0.15) is 0 Å². The highest BCUT2D eigenvalue weighted by Crippen LogP contribution is 2.37. The summed E-state index contributed by atoms with van der Waals surface area (Å²) < 4.78 is 0. The van der Waals surface area contributed by atoms with E-state index in [2.05, 4.69) is 39.4 Å². The molecule has 2 nitrogen and oxygen atoms in total. The molecule has 1 N–H and O–H groups in total. The molecule has 0 saturated heterocycles. The lowest BCUT2D eigenvalue weighted by Crippen LogP contribution is -2.31. The van der Waals surface area contributed by atoms with Crippen LogP contribution in [0.3, 0.4) is 0 Å². The highest BCUT2D eigenvalue weighted by molar-refractivity contribution is 9.09. The molecule has 1 heterocycles. The van der Waals surface area contributed by atoms with Crippen LogP contribution in [0.15, 0.2) is 18.2 Å². The Balaban J connectivity index is 1.72. The summed E-state index contributed by atoms with van der Waals surface area (Å²) in [5, 5.41) is 2.93. The van der Waals surface area contributed by atoms with Crippen molar-refractivity contribution >= 4 is 21.8 Å². The van der Waals surface area contributed by atoms with E-state index in [0.29, 0.717) is 4.83 Å². The number of halogens is 1. The Kier molecular flexibility index (Phi) is 4.45. The third-order valence-electron chi connectivity index (χ3n) is 4.69. The van der Waals surface area contributed by atoms with Crippen molar-refractivity contribution in [3.05, 3.63) is 34.9 Å². The third kappa shape index (κ3) is 3.08. The number of benzene rings is 1. The van der Waals surface area contributed by atoms with Gasteiger partial charge in [0, 0.05) is 16.9 Å². The van der Waals surface area contributed by atoms with Gasteiger partial charge in [-0.25, -0.2) is 0 Å². The number of hydrogen-bond acceptors (Lipinski definition) is 1. The van der Waals surface area contributed by atoms with E-state index in [9.17, 15) is 4.79 Å². The SMILES string of the molecule is O=C1NCCc2ccc(C(Br)CC3CCCCC3)cc21. The van der Waals surface area contributed by atoms with E-state index in [1.807, 2.05) is 0 Å². The first-order valence-electron chi connectivity index (χ1n) is 7.79. The van der Waals surface area contributed by atoms with Crippen LogP contribution in [0, 0.1) is 5.92 Å². The van der Waals surface area contributed by atoms with E-state index in [1.54, 1.807) is 0 Å². The Morgan fingerprint density at radius 3 is 2.85 bits per heavy atom. The minimum Gasteiger partial charge on any atom is -0.352 e. The van der Waals surface area contributed by atoms with Gasteiger partial charge in [0.2, 0.25) is 0 Å². The van der Waals surface area contributed by atoms with Gasteiger partial charge in [-0.3, -0.25) is 4.79 Å². The Morgan fingerprint density at radius 1 is 1.25 bits per heavy atom. The molecule has 1 aromatic carbocycles. The maximum Gasteiger partial charge on any atom is 0.251 e. The molecule has 3 rings (SSSR count). The molecule has 1 aliphatic heterocycles. The van der Waals surface area contributed by atoms with Crippen molar-refractivity contribution in [2.75, 3.05) is 6.54 Å². The van der Waals surface area contributed by atoms with Gasteiger partial charge in [0.15, 0.2) is 0 Å². The van der Waals surface area contributed by atoms with Crippen molar-refractivity contribution in [3.63, 3.8) is 0 Å². The van der Waals surface area contributed by atoms with Crippen LogP contribution < -0.4 is 5.32 Å². The topological polar surface area (TPSA) is 29.1 Å². The summed E-state index contributed by atoms with van der Waals surface area (Å²) in [7, 11) is 0. The first-order chi connectivity index (χ1) is 9.74. The number of rotatable bonds is 3. The largest absolute Gasteiger partial charge is 0.352 e. The highest BCUT2D eigenvalue weighted by atomic mass is 79.9. The molecule has 2 aliphatic rings. The highest BCUT2D eigenvalue weighted by Gasteiger charge is 2.21. The molecule has 1 unspecified atom stereocenters. The molecular formula is C17H22BrNO. The van der Waals surface area contributed by atoms with Crippen LogP contribution in [0.5, 0.6) is 0 Å². The Bertz CT molecular complexity index is 494. The number of fused-ring (bicyclic) bond motifs is 1. The van der Waals surface area contributed by atoms with Crippen LogP contribution in [0.1, 0.15) is 64.8 Å². The maximum absolute atomic E-state index is 11.9. The summed E-state index contributed by atoms with van der Waals surface area (Å²) in [6.45, 7) is 0.769. The van der Waals surface area contributed by atoms with Crippen LogP contribution in [-0.4, -0.2) is 12.5 Å². The number of carbonyl (C=O) groups is 1. The average Bonchev–Trinajstić information content (AvgIpc) is 2.48. The van der Waals surface area contributed by atoms with Gasteiger partial charge in [-0.05, 0) is 36.0 Å². The summed E-state index contributed by atoms with van der Waals surface area (Å²) in [4.78, 5) is 12.3. The van der Waals surface area contributed by atoms with Crippen LogP contribution in [0.25, 0.3) is 0 Å². The quantitative estimate of drug-likeness (QED) is 0.816. The summed E-state index contributed by atoms with van der Waals surface area (Å²) in [6, 6.07) is 6.42. The van der Waals surface area contributed by atoms with Crippen molar-refractivity contribution in [3.8, 4) is 0 Å². The molecular weight excluding hydrogens is 314 g/mol. The van der Waals surface area contributed by atoms with E-state index >= 15 is 0 Å². The molecule has 3 heteroatoms. The van der Waals surface area contributed by atoms with Crippen molar-refractivity contribution in [2.45, 2.75) is 49.8 Å². The molecule has 1 atom stereocenters. The van der Waals surface area contributed by atoms with Gasteiger partial charge in [0.05, 0.1) is 0 Å². The fourth-order valence-electron chi connectivity index (χ4n) is 3.48. The fraction of sp³-hybridized carbons (Fsp3) is 0.588. The van der Waals surface area contributed by atoms with Crippen LogP contribution in [-0.2, 0) is 6.42 Å². The van der Waals surface area contributed by atoms with Gasteiger partial charge in [-0.2, -0.15) is 0 Å². The number of alkyl halides is 1. The standard InChI is InChI=1S/C17H22BrNO/c18-16(10-12-4-2-1-3-5-12)14-7-6-13-8-9-19-17(20)15(13)11-14/h6-7,11-12,16H,1-5,8-10H2,(H,19,20). The second-order valence-electron chi connectivity index (χ2n) is 6.13. The Morgan fingerprint density at radius 2 is 2.05 bits per heavy atom. The minimum absolute atomic E-state index is 0.0884. The fourth-order valence-corrected chi connectivity index (χ4v) is 4.29. The van der Waals surface area contributed by atoms with Crippen LogP contribution in [0.2, 0.25) is 0 Å². The second kappa shape index (κ2) is 6.30. The summed E-state index contributed by atoms with van der Waals surface area (Å²) >= 11 is 3.84. The van der Waals surface area contributed by atoms with E-state index in [-0.39, 0.29) is 5.91 Å². The predicted molar refractivity (Wildman–Crippen MR) is 85.3 cm³/mol. The maximum atomic E-state index is 11.9. The zero-order valence-electron chi connectivity index (χ0n) is 11.8. The molecule has 0 aromatic heterocycles. The van der Waals surface area contributed by atoms with Gasteiger partial charge < -0.3 is 5.32 Å². The zero-order chi connectivity index (χ0) is 13.9. The van der Waals surface area contributed by atoms with Gasteiger partial charge in [-0.1, -0.05) is 60.2 Å². The molecule has 20 heavy (non-hydrogen) atoms. The molecule has 0 radical (unpaired) electrons. The summed E-state index contributed by atoms with van der Waals surface area (Å²) in [5.74, 6) is 0.934. The van der Waals surface area contributed by atoms with Gasteiger partial charge in [-0.15, -0.1) is 0 Å². The molecule has 0 bridgehead atoms. The first kappa shape index (κ1) is 14.1. The summed E-state index contributed by atoms with van der Waals surface area (Å²) in [5.41, 5.74) is 3.32. The lowest BCUT2D eigenvalue weighted by Gasteiger charge is -2.25. The number of amides is 1. The van der Waals surface area contributed by atoms with E-state index in [1.165, 1.54) is 49.7 Å². The molecule has 0 spiro atoms. The van der Waals surface area contributed by atoms with Gasteiger partial charge in [0.25, 0.3) is 5.91 Å². The summed E-state index contributed by atoms with van der Waals surface area (Å²) in [6.07, 6.45) is 9.06. The Hall–Kier alpha value is -0.830. The normalized spacial score (nSPS) is 21.1. The Labute approximate surface area is 129 Å². The van der Waals surface area contributed by atoms with Crippen LogP contribution in [0.4, 0.5) is 0 Å². The number of carbonyl (C=O) groups excluding carboxylic acids is 1. The predicted octanol–water partition coefficient (Wildman–Crippen LogP) is 4.38. The lowest BCUT2D eigenvalue weighted by molar-refractivity contribution is 0.0946. The molecule has 1 saturated carbocycles. The second-order valence-corrected chi connectivity index (χ2v) is 7.24. The molecule has 108 valence electrons. The zero-order valence-corrected chi connectivity index (χ0v) is 13.4. The number of nitrogens with one attached hydrogen (secondary N) is 1. The molecule has 1 fully saturated rings. The van der Waals surface area contributed by atoms with E-state index < -0.39 is 0 Å². The first-order valence-corrected chi connectivity index (χ1v) is 8.70. The van der Waals surface area contributed by atoms with E-state index in [4.69, 9.17) is 0 Å². The molecule has 1 aliphatic carbocycles. The van der Waals surface area contributed by atoms with Crippen molar-refractivity contribution in [1.29, 1.82) is 0 Å². The average molecular weight is 336 g/mol. The number of hydrogen-bond donors (Lipinski definition) is 1. The van der Waals surface area contributed by atoms with Crippen molar-refractivity contribution in [1.82, 2.24) is 5.32 Å². The third-order valence-corrected chi connectivity index (χ3v) is 5.59. The van der Waals surface area contributed by atoms with Crippen molar-refractivity contribution in [2.24, 2.45) is 5.92 Å². The smallest absolute Gasteiger partial charge is 0.251 e.